The summed E-state index contributed by atoms with van der Waals surface area (Å²) in [5.74, 6) is -0.0910. The molecule has 0 bridgehead atoms. The summed E-state index contributed by atoms with van der Waals surface area (Å²) in [6, 6.07) is 7.89. The maximum atomic E-state index is 12.6. The van der Waals surface area contributed by atoms with Gasteiger partial charge in [-0.25, -0.2) is 0 Å². The van der Waals surface area contributed by atoms with Crippen molar-refractivity contribution in [3.05, 3.63) is 57.3 Å². The van der Waals surface area contributed by atoms with Crippen LogP contribution in [0.1, 0.15) is 45.4 Å². The molecule has 126 valence electrons. The van der Waals surface area contributed by atoms with E-state index in [1.54, 1.807) is 22.3 Å². The second-order valence-corrected chi connectivity index (χ2v) is 6.95. The zero-order valence-corrected chi connectivity index (χ0v) is 15.1. The summed E-state index contributed by atoms with van der Waals surface area (Å²) >= 11 is 1.65. The average Bonchev–Trinajstić information content (AvgIpc) is 3.28. The van der Waals surface area contributed by atoms with Gasteiger partial charge in [0.1, 0.15) is 5.69 Å². The summed E-state index contributed by atoms with van der Waals surface area (Å²) in [5, 5.41) is 13.6. The summed E-state index contributed by atoms with van der Waals surface area (Å²) in [7, 11) is 1.81. The standard InChI is InChI=1S/C17H21N5OS/c1-11-8-12(2)22(20-11)10-14-9-15(19-18-14)17(23)21(4)13(3)16-6-5-7-24-16/h5-9,13H,10H2,1-4H3,(H,18,19). The molecule has 1 atom stereocenters. The number of aryl methyl sites for hydroxylation is 2. The Morgan fingerprint density at radius 1 is 1.42 bits per heavy atom. The Morgan fingerprint density at radius 2 is 2.21 bits per heavy atom. The fourth-order valence-corrected chi connectivity index (χ4v) is 3.45. The molecule has 3 rings (SSSR count). The van der Waals surface area contributed by atoms with Gasteiger partial charge in [-0.2, -0.15) is 10.2 Å². The number of hydrogen-bond donors (Lipinski definition) is 1. The van der Waals surface area contributed by atoms with Crippen molar-refractivity contribution in [3.8, 4) is 0 Å². The number of nitrogens with one attached hydrogen (secondary N) is 1. The minimum Gasteiger partial charge on any atom is -0.333 e. The molecule has 3 aromatic heterocycles. The number of H-pyrrole nitrogens is 1. The van der Waals surface area contributed by atoms with Crippen molar-refractivity contribution in [2.75, 3.05) is 7.05 Å². The quantitative estimate of drug-likeness (QED) is 0.774. The van der Waals surface area contributed by atoms with Gasteiger partial charge in [0.25, 0.3) is 5.91 Å². The lowest BCUT2D eigenvalue weighted by atomic mass is 10.2. The third-order valence-corrected chi connectivity index (χ3v) is 5.17. The molecule has 7 heteroatoms. The largest absolute Gasteiger partial charge is 0.333 e. The van der Waals surface area contributed by atoms with Crippen LogP contribution in [-0.4, -0.2) is 37.8 Å². The first kappa shape index (κ1) is 16.4. The maximum Gasteiger partial charge on any atom is 0.274 e. The first-order valence-electron chi connectivity index (χ1n) is 7.81. The zero-order valence-electron chi connectivity index (χ0n) is 14.3. The third-order valence-electron chi connectivity index (χ3n) is 4.13. The van der Waals surface area contributed by atoms with Crippen molar-refractivity contribution in [3.63, 3.8) is 0 Å². The van der Waals surface area contributed by atoms with Crippen LogP contribution in [0.4, 0.5) is 0 Å². The molecule has 0 aromatic carbocycles. The molecule has 1 unspecified atom stereocenters. The molecule has 6 nitrogen and oxygen atoms in total. The van der Waals surface area contributed by atoms with Crippen molar-refractivity contribution >= 4 is 17.2 Å². The molecule has 0 aliphatic carbocycles. The highest BCUT2D eigenvalue weighted by Gasteiger charge is 2.22. The van der Waals surface area contributed by atoms with Crippen molar-refractivity contribution in [1.29, 1.82) is 0 Å². The van der Waals surface area contributed by atoms with Gasteiger partial charge in [0, 0.05) is 17.6 Å². The van der Waals surface area contributed by atoms with E-state index in [1.165, 1.54) is 0 Å². The van der Waals surface area contributed by atoms with Gasteiger partial charge in [0.2, 0.25) is 0 Å². The van der Waals surface area contributed by atoms with Crippen LogP contribution in [0.15, 0.2) is 29.6 Å². The zero-order chi connectivity index (χ0) is 17.3. The van der Waals surface area contributed by atoms with E-state index in [4.69, 9.17) is 0 Å². The molecule has 0 saturated heterocycles. The number of amides is 1. The lowest BCUT2D eigenvalue weighted by Crippen LogP contribution is -2.29. The van der Waals surface area contributed by atoms with Gasteiger partial charge in [0.05, 0.1) is 24.0 Å². The number of nitrogens with zero attached hydrogens (tertiary/aromatic N) is 4. The molecular formula is C17H21N5OS. The molecule has 1 N–H and O–H groups in total. The third kappa shape index (κ3) is 3.26. The summed E-state index contributed by atoms with van der Waals surface area (Å²) in [6.45, 7) is 6.57. The van der Waals surface area contributed by atoms with Gasteiger partial charge in [-0.3, -0.25) is 14.6 Å². The molecule has 3 aromatic rings. The number of carbonyl (C=O) groups is 1. The Kier molecular flexibility index (Phi) is 4.53. The molecule has 1 amide bonds. The summed E-state index contributed by atoms with van der Waals surface area (Å²) in [5.41, 5.74) is 3.35. The van der Waals surface area contributed by atoms with E-state index in [0.29, 0.717) is 12.2 Å². The highest BCUT2D eigenvalue weighted by molar-refractivity contribution is 7.10. The predicted molar refractivity (Wildman–Crippen MR) is 94.2 cm³/mol. The van der Waals surface area contributed by atoms with Crippen molar-refractivity contribution in [1.82, 2.24) is 24.9 Å². The first-order chi connectivity index (χ1) is 11.5. The smallest absolute Gasteiger partial charge is 0.274 e. The van der Waals surface area contributed by atoms with Gasteiger partial charge in [-0.15, -0.1) is 11.3 Å². The molecule has 0 spiro atoms. The minimum absolute atomic E-state index is 0.0219. The van der Waals surface area contributed by atoms with E-state index in [1.807, 2.05) is 56.1 Å². The van der Waals surface area contributed by atoms with Gasteiger partial charge in [-0.1, -0.05) is 6.07 Å². The van der Waals surface area contributed by atoms with Crippen LogP contribution in [-0.2, 0) is 6.54 Å². The molecule has 0 aliphatic heterocycles. The Hall–Kier alpha value is -2.41. The highest BCUT2D eigenvalue weighted by Crippen LogP contribution is 2.24. The molecule has 24 heavy (non-hydrogen) atoms. The van der Waals surface area contributed by atoms with Crippen LogP contribution in [0.25, 0.3) is 0 Å². The van der Waals surface area contributed by atoms with Crippen LogP contribution >= 0.6 is 11.3 Å². The van der Waals surface area contributed by atoms with Crippen LogP contribution in [0.2, 0.25) is 0 Å². The summed E-state index contributed by atoms with van der Waals surface area (Å²) < 4.78 is 1.90. The SMILES string of the molecule is Cc1cc(C)n(Cc2cc(C(=O)N(C)C(C)c3cccs3)n[nH]2)n1. The number of hydrogen-bond acceptors (Lipinski definition) is 4. The number of carbonyl (C=O) groups excluding carboxylic acids is 1. The van der Waals surface area contributed by atoms with E-state index in [0.717, 1.165) is 22.0 Å². The topological polar surface area (TPSA) is 66.8 Å². The minimum atomic E-state index is -0.0910. The monoisotopic (exact) mass is 343 g/mol. The van der Waals surface area contributed by atoms with E-state index in [9.17, 15) is 4.79 Å². The van der Waals surface area contributed by atoms with E-state index >= 15 is 0 Å². The first-order valence-corrected chi connectivity index (χ1v) is 8.69. The van der Waals surface area contributed by atoms with Crippen molar-refractivity contribution in [2.24, 2.45) is 0 Å². The Morgan fingerprint density at radius 3 is 2.83 bits per heavy atom. The van der Waals surface area contributed by atoms with Gasteiger partial charge in [-0.05, 0) is 44.4 Å². The molecule has 0 saturated carbocycles. The van der Waals surface area contributed by atoms with Crippen molar-refractivity contribution in [2.45, 2.75) is 33.4 Å². The maximum absolute atomic E-state index is 12.6. The molecule has 3 heterocycles. The van der Waals surface area contributed by atoms with E-state index in [-0.39, 0.29) is 11.9 Å². The Balaban J connectivity index is 1.72. The van der Waals surface area contributed by atoms with Gasteiger partial charge in [0.15, 0.2) is 0 Å². The number of aromatic amines is 1. The van der Waals surface area contributed by atoms with Crippen LogP contribution < -0.4 is 0 Å². The molecular weight excluding hydrogens is 322 g/mol. The fourth-order valence-electron chi connectivity index (χ4n) is 2.62. The second kappa shape index (κ2) is 6.60. The van der Waals surface area contributed by atoms with E-state index < -0.39 is 0 Å². The number of thiophene rings is 1. The van der Waals surface area contributed by atoms with Gasteiger partial charge >= 0.3 is 0 Å². The summed E-state index contributed by atoms with van der Waals surface area (Å²) in [6.07, 6.45) is 0. The van der Waals surface area contributed by atoms with E-state index in [2.05, 4.69) is 15.3 Å². The van der Waals surface area contributed by atoms with Crippen LogP contribution in [0.3, 0.4) is 0 Å². The van der Waals surface area contributed by atoms with Crippen LogP contribution in [0.5, 0.6) is 0 Å². The van der Waals surface area contributed by atoms with Gasteiger partial charge < -0.3 is 4.90 Å². The lowest BCUT2D eigenvalue weighted by molar-refractivity contribution is 0.0739. The van der Waals surface area contributed by atoms with Crippen LogP contribution in [0, 0.1) is 13.8 Å². The molecule has 0 aliphatic rings. The lowest BCUT2D eigenvalue weighted by Gasteiger charge is -2.23. The Bertz CT molecular complexity index is 833. The molecule has 0 radical (unpaired) electrons. The number of rotatable bonds is 5. The normalized spacial score (nSPS) is 12.3. The second-order valence-electron chi connectivity index (χ2n) is 5.97. The Labute approximate surface area is 145 Å². The summed E-state index contributed by atoms with van der Waals surface area (Å²) in [4.78, 5) is 15.5. The average molecular weight is 343 g/mol. The van der Waals surface area contributed by atoms with Crippen molar-refractivity contribution < 1.29 is 4.79 Å². The fraction of sp³-hybridized carbons (Fsp3) is 0.353. The predicted octanol–water partition coefficient (Wildman–Crippen LogP) is 3.17. The number of aromatic nitrogens is 4. The molecule has 0 fully saturated rings. The highest BCUT2D eigenvalue weighted by atomic mass is 32.1.